The van der Waals surface area contributed by atoms with Crippen LogP contribution in [0.15, 0.2) is 32.9 Å². The lowest BCUT2D eigenvalue weighted by atomic mass is 10.3. The first-order valence-corrected chi connectivity index (χ1v) is 9.77. The van der Waals surface area contributed by atoms with Crippen molar-refractivity contribution in [2.45, 2.75) is 15.6 Å². The molecule has 0 radical (unpaired) electrons. The van der Waals surface area contributed by atoms with Gasteiger partial charge >= 0.3 is 0 Å². The lowest BCUT2D eigenvalue weighted by Gasteiger charge is -2.06. The summed E-state index contributed by atoms with van der Waals surface area (Å²) in [6.07, 6.45) is 0. The third kappa shape index (κ3) is 6.46. The summed E-state index contributed by atoms with van der Waals surface area (Å²) in [4.78, 5) is 23.4. The third-order valence-electron chi connectivity index (χ3n) is 2.56. The molecule has 0 aliphatic carbocycles. The molecule has 0 atom stereocenters. The van der Waals surface area contributed by atoms with Gasteiger partial charge in [-0.15, -0.1) is 10.2 Å². The Morgan fingerprint density at radius 2 is 1.79 bits per heavy atom. The Bertz CT molecular complexity index is 694. The molecule has 2 N–H and O–H groups in total. The average molecular weight is 386 g/mol. The van der Waals surface area contributed by atoms with Gasteiger partial charge in [0.2, 0.25) is 11.8 Å². The summed E-state index contributed by atoms with van der Waals surface area (Å²) in [6, 6.07) is 5.40. The van der Waals surface area contributed by atoms with Gasteiger partial charge in [0.1, 0.15) is 5.82 Å². The van der Waals surface area contributed by atoms with E-state index in [1.807, 2.05) is 6.92 Å². The average Bonchev–Trinajstić information content (AvgIpc) is 3.01. The molecule has 0 fully saturated rings. The number of halogens is 1. The minimum Gasteiger partial charge on any atom is -0.346 e. The molecule has 24 heavy (non-hydrogen) atoms. The Kier molecular flexibility index (Phi) is 7.47. The van der Waals surface area contributed by atoms with Crippen molar-refractivity contribution in [1.29, 1.82) is 0 Å². The topological polar surface area (TPSA) is 84.0 Å². The molecule has 0 aliphatic heterocycles. The molecule has 0 aliphatic rings. The lowest BCUT2D eigenvalue weighted by Crippen LogP contribution is -2.33. The smallest absolute Gasteiger partial charge is 0.243 e. The number of amides is 2. The largest absolute Gasteiger partial charge is 0.346 e. The van der Waals surface area contributed by atoms with Crippen LogP contribution in [0.2, 0.25) is 0 Å². The molecule has 6 nitrogen and oxygen atoms in total. The van der Waals surface area contributed by atoms with Gasteiger partial charge in [-0.25, -0.2) is 4.39 Å². The zero-order chi connectivity index (χ0) is 17.4. The van der Waals surface area contributed by atoms with E-state index in [-0.39, 0.29) is 29.9 Å². The van der Waals surface area contributed by atoms with Gasteiger partial charge in [0, 0.05) is 5.69 Å². The van der Waals surface area contributed by atoms with Crippen molar-refractivity contribution in [2.75, 3.05) is 23.4 Å². The molecule has 2 rings (SSSR count). The zero-order valence-electron chi connectivity index (χ0n) is 12.7. The van der Waals surface area contributed by atoms with Crippen molar-refractivity contribution in [2.24, 2.45) is 0 Å². The van der Waals surface area contributed by atoms with E-state index in [1.165, 1.54) is 47.4 Å². The maximum absolute atomic E-state index is 12.8. The zero-order valence-corrected chi connectivity index (χ0v) is 15.2. The van der Waals surface area contributed by atoms with E-state index >= 15 is 0 Å². The predicted molar refractivity (Wildman–Crippen MR) is 95.1 cm³/mol. The molecule has 1 heterocycles. The fraction of sp³-hybridized carbons (Fsp3) is 0.286. The Morgan fingerprint density at radius 3 is 2.46 bits per heavy atom. The highest BCUT2D eigenvalue weighted by Crippen LogP contribution is 2.28. The molecule has 0 saturated carbocycles. The van der Waals surface area contributed by atoms with Gasteiger partial charge in [0.05, 0.1) is 12.3 Å². The van der Waals surface area contributed by atoms with E-state index in [1.54, 1.807) is 11.8 Å². The Balaban J connectivity index is 1.68. The number of benzene rings is 1. The summed E-state index contributed by atoms with van der Waals surface area (Å²) >= 11 is 4.32. The number of hydrogen-bond donors (Lipinski definition) is 2. The number of carbonyl (C=O) groups is 2. The molecule has 10 heteroatoms. The normalized spacial score (nSPS) is 10.4. The fourth-order valence-corrected chi connectivity index (χ4v) is 4.28. The van der Waals surface area contributed by atoms with Crippen LogP contribution in [0.3, 0.4) is 0 Å². The number of hydrogen-bond acceptors (Lipinski definition) is 7. The summed E-state index contributed by atoms with van der Waals surface area (Å²) in [5.74, 6) is 0.0558. The lowest BCUT2D eigenvalue weighted by molar-refractivity contribution is -0.122. The van der Waals surface area contributed by atoms with Gasteiger partial charge in [-0.05, 0) is 30.0 Å². The standard InChI is InChI=1S/C14H15FN4O2S3/c1-2-22-13-18-19-14(24-13)23-8-12(21)16-7-11(20)17-10-5-3-9(15)4-6-10/h3-6H,2,7-8H2,1H3,(H,16,21)(H,17,20). The molecule has 1 aromatic heterocycles. The summed E-state index contributed by atoms with van der Waals surface area (Å²) in [5.41, 5.74) is 0.472. The van der Waals surface area contributed by atoms with Crippen LogP contribution in [-0.2, 0) is 9.59 Å². The van der Waals surface area contributed by atoms with Crippen LogP contribution in [-0.4, -0.2) is 40.1 Å². The van der Waals surface area contributed by atoms with Crippen molar-refractivity contribution in [3.63, 3.8) is 0 Å². The second-order valence-corrected chi connectivity index (χ2v) is 8.10. The monoisotopic (exact) mass is 386 g/mol. The van der Waals surface area contributed by atoms with E-state index in [9.17, 15) is 14.0 Å². The Morgan fingerprint density at radius 1 is 1.12 bits per heavy atom. The Labute approximate surface area is 151 Å². The van der Waals surface area contributed by atoms with Crippen LogP contribution < -0.4 is 10.6 Å². The Hall–Kier alpha value is -1.65. The maximum Gasteiger partial charge on any atom is 0.243 e. The number of nitrogens with zero attached hydrogens (tertiary/aromatic N) is 2. The number of aromatic nitrogens is 2. The molecule has 0 bridgehead atoms. The van der Waals surface area contributed by atoms with Gasteiger partial charge in [-0.2, -0.15) is 0 Å². The van der Waals surface area contributed by atoms with E-state index in [2.05, 4.69) is 20.8 Å². The van der Waals surface area contributed by atoms with Crippen molar-refractivity contribution in [3.05, 3.63) is 30.1 Å². The van der Waals surface area contributed by atoms with Crippen molar-refractivity contribution >= 4 is 52.4 Å². The first-order valence-electron chi connectivity index (χ1n) is 6.98. The van der Waals surface area contributed by atoms with Crippen LogP contribution in [0.4, 0.5) is 10.1 Å². The van der Waals surface area contributed by atoms with Crippen LogP contribution in [0, 0.1) is 5.82 Å². The molecule has 0 saturated heterocycles. The second kappa shape index (κ2) is 9.60. The van der Waals surface area contributed by atoms with E-state index in [0.717, 1.165) is 14.4 Å². The first-order chi connectivity index (χ1) is 11.6. The number of thioether (sulfide) groups is 2. The summed E-state index contributed by atoms with van der Waals surface area (Å²) < 4.78 is 14.4. The number of anilines is 1. The number of rotatable bonds is 8. The van der Waals surface area contributed by atoms with Crippen LogP contribution in [0.5, 0.6) is 0 Å². The van der Waals surface area contributed by atoms with Crippen LogP contribution >= 0.6 is 34.9 Å². The molecule has 0 unspecified atom stereocenters. The van der Waals surface area contributed by atoms with Gasteiger partial charge in [-0.3, -0.25) is 9.59 Å². The molecular formula is C14H15FN4O2S3. The molecule has 2 aromatic rings. The van der Waals surface area contributed by atoms with Crippen molar-refractivity contribution in [3.8, 4) is 0 Å². The van der Waals surface area contributed by atoms with E-state index in [4.69, 9.17) is 0 Å². The van der Waals surface area contributed by atoms with E-state index < -0.39 is 0 Å². The quantitative estimate of drug-likeness (QED) is 0.679. The molecule has 128 valence electrons. The maximum atomic E-state index is 12.8. The molecular weight excluding hydrogens is 371 g/mol. The van der Waals surface area contributed by atoms with Gasteiger partial charge in [-0.1, -0.05) is 41.8 Å². The van der Waals surface area contributed by atoms with Gasteiger partial charge in [0.25, 0.3) is 0 Å². The summed E-state index contributed by atoms with van der Waals surface area (Å²) in [6.45, 7) is 1.88. The number of carbonyl (C=O) groups excluding carboxylic acids is 2. The summed E-state index contributed by atoms with van der Waals surface area (Å²) in [5, 5.41) is 13.1. The van der Waals surface area contributed by atoms with Gasteiger partial charge < -0.3 is 10.6 Å². The second-order valence-electron chi connectivity index (χ2n) is 4.39. The molecule has 1 aromatic carbocycles. The van der Waals surface area contributed by atoms with Gasteiger partial charge in [0.15, 0.2) is 8.68 Å². The highest BCUT2D eigenvalue weighted by molar-refractivity contribution is 8.03. The minimum atomic E-state index is -0.379. The molecule has 0 spiro atoms. The highest BCUT2D eigenvalue weighted by Gasteiger charge is 2.10. The third-order valence-corrected chi connectivity index (χ3v) is 5.63. The molecule has 2 amide bonds. The summed E-state index contributed by atoms with van der Waals surface area (Å²) in [7, 11) is 0. The van der Waals surface area contributed by atoms with Crippen molar-refractivity contribution < 1.29 is 14.0 Å². The van der Waals surface area contributed by atoms with Crippen molar-refractivity contribution in [1.82, 2.24) is 15.5 Å². The predicted octanol–water partition coefficient (Wildman–Crippen LogP) is 2.64. The SMILES string of the molecule is CCSc1nnc(SCC(=O)NCC(=O)Nc2ccc(F)cc2)s1. The van der Waals surface area contributed by atoms with E-state index in [0.29, 0.717) is 5.69 Å². The van der Waals surface area contributed by atoms with Crippen LogP contribution in [0.1, 0.15) is 6.92 Å². The highest BCUT2D eigenvalue weighted by atomic mass is 32.2. The fourth-order valence-electron chi connectivity index (χ4n) is 1.53. The van der Waals surface area contributed by atoms with Crippen LogP contribution in [0.25, 0.3) is 0 Å². The minimum absolute atomic E-state index is 0.149. The number of nitrogens with one attached hydrogen (secondary N) is 2. The first kappa shape index (κ1) is 18.7.